The molecule has 0 aliphatic carbocycles. The standard InChI is InChI=1S/C32H40ClN11O/c1-39-14-16-40(17-15-39)27-7-12-41(13-8-27)29(45)21-43-20-26(19-35-43)36-31-37-30-28(6-3-11-44(30)38-31)42-22-32(23-42,9-10-34)24-4-2-5-25(33)18-24/h2-6,11,18,20,27,35H,7-9,12-17,19,21-23H2,1H3,(H,36,38). The Bertz CT molecular complexity index is 1610. The number of benzene rings is 1. The number of nitrogens with zero attached hydrogens (tertiary/aromatic N) is 9. The Morgan fingerprint density at radius 2 is 1.93 bits per heavy atom. The highest BCUT2D eigenvalue weighted by atomic mass is 35.5. The molecule has 4 aliphatic rings. The minimum absolute atomic E-state index is 0.145. The monoisotopic (exact) mass is 629 g/mol. The van der Waals surface area contributed by atoms with Gasteiger partial charge in [-0.05, 0) is 49.7 Å². The molecule has 6 heterocycles. The second kappa shape index (κ2) is 12.5. The van der Waals surface area contributed by atoms with Gasteiger partial charge in [-0.1, -0.05) is 23.7 Å². The molecule has 2 aromatic heterocycles. The summed E-state index contributed by atoms with van der Waals surface area (Å²) in [5.74, 6) is 0.639. The quantitative estimate of drug-likeness (QED) is 0.385. The van der Waals surface area contributed by atoms with Gasteiger partial charge in [0.1, 0.15) is 6.54 Å². The maximum Gasteiger partial charge on any atom is 0.247 e. The summed E-state index contributed by atoms with van der Waals surface area (Å²) in [5, 5.41) is 20.1. The lowest BCUT2D eigenvalue weighted by molar-refractivity contribution is -0.134. The first kappa shape index (κ1) is 29.8. The van der Waals surface area contributed by atoms with E-state index in [0.29, 0.717) is 49.6 Å². The number of likely N-dealkylation sites (N-methyl/N-ethyl adjacent to an activating group) is 1. The van der Waals surface area contributed by atoms with Crippen molar-refractivity contribution >= 4 is 34.8 Å². The minimum Gasteiger partial charge on any atom is -0.366 e. The Morgan fingerprint density at radius 1 is 1.13 bits per heavy atom. The largest absolute Gasteiger partial charge is 0.366 e. The van der Waals surface area contributed by atoms with E-state index < -0.39 is 0 Å². The van der Waals surface area contributed by atoms with Gasteiger partial charge in [-0.2, -0.15) is 10.2 Å². The number of carbonyl (C=O) groups is 1. The maximum absolute atomic E-state index is 13.1. The normalized spacial score (nSPS) is 21.1. The smallest absolute Gasteiger partial charge is 0.247 e. The molecular weight excluding hydrogens is 590 g/mol. The van der Waals surface area contributed by atoms with E-state index in [1.165, 1.54) is 0 Å². The molecule has 4 aliphatic heterocycles. The number of aromatic nitrogens is 3. The molecule has 0 bridgehead atoms. The highest BCUT2D eigenvalue weighted by Gasteiger charge is 2.45. The van der Waals surface area contributed by atoms with Crippen molar-refractivity contribution < 1.29 is 4.79 Å². The molecule has 7 rings (SSSR count). The number of hydrogen-bond donors (Lipinski definition) is 2. The molecule has 0 radical (unpaired) electrons. The van der Waals surface area contributed by atoms with E-state index in [0.717, 1.165) is 74.7 Å². The number of anilines is 2. The van der Waals surface area contributed by atoms with Crippen LogP contribution in [0.3, 0.4) is 0 Å². The summed E-state index contributed by atoms with van der Waals surface area (Å²) in [4.78, 5) is 27.2. The number of hydrogen-bond acceptors (Lipinski definition) is 10. The number of piperazine rings is 1. The Kier molecular flexibility index (Phi) is 8.27. The molecule has 0 saturated carbocycles. The lowest BCUT2D eigenvalue weighted by Gasteiger charge is -2.50. The predicted molar refractivity (Wildman–Crippen MR) is 174 cm³/mol. The topological polar surface area (TPSA) is 111 Å². The first-order chi connectivity index (χ1) is 21.9. The summed E-state index contributed by atoms with van der Waals surface area (Å²) in [7, 11) is 2.19. The second-order valence-corrected chi connectivity index (χ2v) is 13.2. The van der Waals surface area contributed by atoms with Gasteiger partial charge in [-0.25, -0.2) is 9.94 Å². The van der Waals surface area contributed by atoms with Gasteiger partial charge >= 0.3 is 0 Å². The van der Waals surface area contributed by atoms with Gasteiger partial charge in [0.25, 0.3) is 0 Å². The molecule has 3 fully saturated rings. The molecule has 12 nitrogen and oxygen atoms in total. The molecule has 0 atom stereocenters. The number of piperidine rings is 1. The van der Waals surface area contributed by atoms with Crippen LogP contribution in [0, 0.1) is 11.3 Å². The van der Waals surface area contributed by atoms with Crippen LogP contribution in [0.2, 0.25) is 5.02 Å². The van der Waals surface area contributed by atoms with Crippen molar-refractivity contribution in [2.75, 3.05) is 82.7 Å². The summed E-state index contributed by atoms with van der Waals surface area (Å²) in [5.41, 5.74) is 6.72. The number of nitriles is 1. The van der Waals surface area contributed by atoms with Crippen LogP contribution in [0.25, 0.3) is 5.65 Å². The maximum atomic E-state index is 13.1. The molecule has 45 heavy (non-hydrogen) atoms. The molecule has 13 heteroatoms. The van der Waals surface area contributed by atoms with Crippen LogP contribution in [0.4, 0.5) is 11.6 Å². The molecule has 1 aromatic carbocycles. The Balaban J connectivity index is 0.951. The second-order valence-electron chi connectivity index (χ2n) is 12.8. The van der Waals surface area contributed by atoms with Crippen LogP contribution in [-0.2, 0) is 10.2 Å². The SMILES string of the molecule is CN1CCN(C2CCN(C(=O)CN3C=C(Nc4nc5c(N6CC(CC#N)(c7cccc(Cl)c7)C6)cccn5n4)CN3)CC2)CC1. The number of carbonyl (C=O) groups excluding carboxylic acids is 1. The van der Waals surface area contributed by atoms with E-state index in [4.69, 9.17) is 16.6 Å². The average molecular weight is 630 g/mol. The summed E-state index contributed by atoms with van der Waals surface area (Å²) in [6.45, 7) is 8.39. The third-order valence-corrected chi connectivity index (χ3v) is 9.99. The Morgan fingerprint density at radius 3 is 2.69 bits per heavy atom. The molecule has 3 saturated heterocycles. The summed E-state index contributed by atoms with van der Waals surface area (Å²) >= 11 is 6.28. The summed E-state index contributed by atoms with van der Waals surface area (Å²) < 4.78 is 1.78. The fraction of sp³-hybridized carbons (Fsp3) is 0.500. The van der Waals surface area contributed by atoms with Crippen molar-refractivity contribution in [1.82, 2.24) is 39.7 Å². The van der Waals surface area contributed by atoms with Gasteiger partial charge in [0.15, 0.2) is 5.65 Å². The zero-order valence-corrected chi connectivity index (χ0v) is 26.5. The van der Waals surface area contributed by atoms with E-state index >= 15 is 0 Å². The third kappa shape index (κ3) is 6.18. The fourth-order valence-corrected chi connectivity index (χ4v) is 7.30. The molecule has 0 spiro atoms. The van der Waals surface area contributed by atoms with Gasteiger partial charge < -0.3 is 25.0 Å². The van der Waals surface area contributed by atoms with Crippen molar-refractivity contribution in [1.29, 1.82) is 5.26 Å². The van der Waals surface area contributed by atoms with Crippen molar-refractivity contribution in [3.8, 4) is 6.07 Å². The molecule has 0 unspecified atom stereocenters. The van der Waals surface area contributed by atoms with Crippen molar-refractivity contribution in [3.63, 3.8) is 0 Å². The number of amides is 1. The lowest BCUT2D eigenvalue weighted by Crippen LogP contribution is -2.59. The minimum atomic E-state index is -0.269. The van der Waals surface area contributed by atoms with Crippen molar-refractivity contribution in [3.05, 3.63) is 65.1 Å². The zero-order valence-electron chi connectivity index (χ0n) is 25.7. The van der Waals surface area contributed by atoms with Crippen LogP contribution in [-0.4, -0.2) is 119 Å². The van der Waals surface area contributed by atoms with Gasteiger partial charge in [0.05, 0.1) is 24.0 Å². The molecule has 3 aromatic rings. The van der Waals surface area contributed by atoms with Gasteiger partial charge in [-0.15, -0.1) is 5.10 Å². The number of rotatable bonds is 8. The van der Waals surface area contributed by atoms with Gasteiger partial charge in [0.2, 0.25) is 11.9 Å². The number of hydrazine groups is 1. The Hall–Kier alpha value is -3.89. The number of nitrogens with one attached hydrogen (secondary N) is 2. The molecule has 1 amide bonds. The van der Waals surface area contributed by atoms with E-state index in [-0.39, 0.29) is 11.3 Å². The number of fused-ring (bicyclic) bond motifs is 1. The molecule has 2 N–H and O–H groups in total. The third-order valence-electron chi connectivity index (χ3n) is 9.76. The van der Waals surface area contributed by atoms with Crippen molar-refractivity contribution in [2.45, 2.75) is 30.7 Å². The summed E-state index contributed by atoms with van der Waals surface area (Å²) in [6, 6.07) is 14.8. The lowest BCUT2D eigenvalue weighted by atomic mass is 9.71. The fourth-order valence-electron chi connectivity index (χ4n) is 7.11. The predicted octanol–water partition coefficient (Wildman–Crippen LogP) is 2.37. The number of halogens is 1. The van der Waals surface area contributed by atoms with E-state index in [9.17, 15) is 10.1 Å². The summed E-state index contributed by atoms with van der Waals surface area (Å²) in [6.07, 6.45) is 6.32. The zero-order chi connectivity index (χ0) is 31.0. The first-order valence-electron chi connectivity index (χ1n) is 15.8. The first-order valence-corrected chi connectivity index (χ1v) is 16.2. The average Bonchev–Trinajstić information content (AvgIpc) is 3.65. The van der Waals surface area contributed by atoms with Crippen LogP contribution in [0.5, 0.6) is 0 Å². The highest BCUT2D eigenvalue weighted by Crippen LogP contribution is 2.42. The van der Waals surface area contributed by atoms with Crippen LogP contribution in [0.1, 0.15) is 24.8 Å². The molecular formula is C32H40ClN11O. The van der Waals surface area contributed by atoms with Crippen molar-refractivity contribution in [2.24, 2.45) is 0 Å². The van der Waals surface area contributed by atoms with Crippen LogP contribution < -0.4 is 15.6 Å². The van der Waals surface area contributed by atoms with E-state index in [1.54, 1.807) is 4.52 Å². The van der Waals surface area contributed by atoms with E-state index in [2.05, 4.69) is 49.7 Å². The highest BCUT2D eigenvalue weighted by molar-refractivity contribution is 6.30. The van der Waals surface area contributed by atoms with Crippen LogP contribution in [0.15, 0.2) is 54.5 Å². The molecule has 236 valence electrons. The van der Waals surface area contributed by atoms with Gasteiger partial charge in [-0.3, -0.25) is 9.69 Å². The van der Waals surface area contributed by atoms with E-state index in [1.807, 2.05) is 52.6 Å². The number of likely N-dealkylation sites (tertiary alicyclic amines) is 1. The van der Waals surface area contributed by atoms with Gasteiger partial charge in [0, 0.05) is 87.7 Å². The Labute approximate surface area is 268 Å². The van der Waals surface area contributed by atoms with Crippen LogP contribution >= 0.6 is 11.6 Å². The number of pyridine rings is 1.